The van der Waals surface area contributed by atoms with Crippen molar-refractivity contribution in [3.05, 3.63) is 0 Å². The van der Waals surface area contributed by atoms with Gasteiger partial charge in [0.25, 0.3) is 0 Å². The van der Waals surface area contributed by atoms with Gasteiger partial charge in [0.05, 0.1) is 0 Å². The second kappa shape index (κ2) is 15.4. The first-order valence-electron chi connectivity index (χ1n) is 17.5. The maximum absolute atomic E-state index is 17.6. The molecule has 0 nitrogen and oxygen atoms in total. The van der Waals surface area contributed by atoms with Crippen molar-refractivity contribution in [3.63, 3.8) is 0 Å². The van der Waals surface area contributed by atoms with E-state index in [-0.39, 0.29) is 16.2 Å². The van der Waals surface area contributed by atoms with E-state index in [1.165, 1.54) is 116 Å². The lowest BCUT2D eigenvalue weighted by atomic mass is 9.54. The Balaban J connectivity index is 1.95. The Labute approximate surface area is 246 Å². The Kier molecular flexibility index (Phi) is 13.2. The van der Waals surface area contributed by atoms with E-state index in [2.05, 4.69) is 48.5 Å². The van der Waals surface area contributed by atoms with Gasteiger partial charge >= 0.3 is 0 Å². The minimum Gasteiger partial charge on any atom is -0.243 e. The van der Waals surface area contributed by atoms with Gasteiger partial charge in [-0.15, -0.1) is 0 Å². The molecule has 226 valence electrons. The van der Waals surface area contributed by atoms with Crippen LogP contribution in [-0.4, -0.2) is 5.67 Å². The summed E-state index contributed by atoms with van der Waals surface area (Å²) in [5, 5.41) is 0. The van der Waals surface area contributed by atoms with E-state index >= 15 is 4.39 Å². The van der Waals surface area contributed by atoms with Gasteiger partial charge in [0.2, 0.25) is 0 Å². The summed E-state index contributed by atoms with van der Waals surface area (Å²) < 4.78 is 17.6. The molecule has 4 unspecified atom stereocenters. The zero-order valence-corrected chi connectivity index (χ0v) is 28.0. The third-order valence-electron chi connectivity index (χ3n) is 12.7. The van der Waals surface area contributed by atoms with Crippen molar-refractivity contribution in [2.75, 3.05) is 0 Å². The maximum Gasteiger partial charge on any atom is 0.116 e. The molecule has 3 saturated carbocycles. The standard InChI is InChI=1S/C37H66FP/c1-33(31-32-39)21-19-25-35(3,34(2)23-15-11-7-5-8-12-16-24-34)29-30-36(4,26-20-22-33)37(38)27-17-13-9-6-10-14-18-28-37/h5-30,39H2,1-4H3. The number of hydrogen-bond acceptors (Lipinski definition) is 0. The molecular weight excluding hydrogens is 494 g/mol. The fraction of sp³-hybridized carbons (Fsp3) is 0.946. The maximum atomic E-state index is 17.6. The first-order chi connectivity index (χ1) is 18.6. The van der Waals surface area contributed by atoms with Crippen molar-refractivity contribution in [3.8, 4) is 11.6 Å². The quantitative estimate of drug-likeness (QED) is 0.233. The highest BCUT2D eigenvalue weighted by atomic mass is 31.0. The summed E-state index contributed by atoms with van der Waals surface area (Å²) in [6, 6.07) is 0. The summed E-state index contributed by atoms with van der Waals surface area (Å²) in [5.41, 5.74) is 2.67. The van der Waals surface area contributed by atoms with Crippen LogP contribution in [0.5, 0.6) is 0 Å². The van der Waals surface area contributed by atoms with Crippen molar-refractivity contribution in [2.24, 2.45) is 21.7 Å². The van der Waals surface area contributed by atoms with E-state index in [1.807, 2.05) is 0 Å². The Morgan fingerprint density at radius 1 is 0.410 bits per heavy atom. The van der Waals surface area contributed by atoms with E-state index in [9.17, 15) is 0 Å². The summed E-state index contributed by atoms with van der Waals surface area (Å²) in [6.07, 6.45) is 32.0. The van der Waals surface area contributed by atoms with E-state index in [1.54, 1.807) is 0 Å². The van der Waals surface area contributed by atoms with Crippen LogP contribution < -0.4 is 0 Å². The van der Waals surface area contributed by atoms with Crippen LogP contribution in [0.1, 0.15) is 195 Å². The lowest BCUT2D eigenvalue weighted by molar-refractivity contribution is -0.0538. The molecular formula is C37H66FP. The minimum absolute atomic E-state index is 0.0605. The van der Waals surface area contributed by atoms with Crippen LogP contribution >= 0.6 is 9.24 Å². The van der Waals surface area contributed by atoms with Crippen LogP contribution in [0.25, 0.3) is 0 Å². The SMILES string of the molecule is CC1(C#CP)CCCC(C)(C2(C)CCCCCCCCC2)CCC(C)(C2(F)CCCCCCCCC2)CCC1. The third kappa shape index (κ3) is 9.20. The Morgan fingerprint density at radius 3 is 1.21 bits per heavy atom. The normalized spacial score (nSPS) is 36.4. The number of alkyl halides is 1. The average molecular weight is 561 g/mol. The highest BCUT2D eigenvalue weighted by molar-refractivity contribution is 7.23. The molecule has 0 aromatic rings. The second-order valence-corrected chi connectivity index (χ2v) is 15.9. The molecule has 0 heterocycles. The van der Waals surface area contributed by atoms with Gasteiger partial charge in [0.1, 0.15) is 5.67 Å². The molecule has 3 fully saturated rings. The van der Waals surface area contributed by atoms with Gasteiger partial charge in [0.15, 0.2) is 0 Å². The van der Waals surface area contributed by atoms with E-state index in [0.29, 0.717) is 5.41 Å². The fourth-order valence-corrected chi connectivity index (χ4v) is 9.43. The smallest absolute Gasteiger partial charge is 0.116 e. The molecule has 39 heavy (non-hydrogen) atoms. The highest BCUT2D eigenvalue weighted by Gasteiger charge is 2.51. The summed E-state index contributed by atoms with van der Waals surface area (Å²) >= 11 is 0. The molecule has 3 aliphatic carbocycles. The number of rotatable bonds is 2. The van der Waals surface area contributed by atoms with Gasteiger partial charge in [-0.05, 0) is 82.0 Å². The molecule has 0 aromatic heterocycles. The van der Waals surface area contributed by atoms with Gasteiger partial charge in [-0.1, -0.05) is 144 Å². The zero-order chi connectivity index (χ0) is 28.3. The average Bonchev–Trinajstić information content (AvgIpc) is 2.92. The lowest BCUT2D eigenvalue weighted by Gasteiger charge is -2.51. The Morgan fingerprint density at radius 2 is 0.744 bits per heavy atom. The van der Waals surface area contributed by atoms with E-state index < -0.39 is 5.67 Å². The Bertz CT molecular complexity index is 704. The molecule has 0 radical (unpaired) electrons. The van der Waals surface area contributed by atoms with Gasteiger partial charge in [-0.25, -0.2) is 4.39 Å². The second-order valence-electron chi connectivity index (χ2n) is 15.6. The van der Waals surface area contributed by atoms with Crippen molar-refractivity contribution in [2.45, 2.75) is 200 Å². The minimum atomic E-state index is -1.01. The third-order valence-corrected chi connectivity index (χ3v) is 12.8. The van der Waals surface area contributed by atoms with Crippen LogP contribution in [0.4, 0.5) is 4.39 Å². The first kappa shape index (κ1) is 33.4. The Hall–Kier alpha value is -0.0800. The first-order valence-corrected chi connectivity index (χ1v) is 18.1. The molecule has 0 aliphatic heterocycles. The summed E-state index contributed by atoms with van der Waals surface area (Å²) in [6.45, 7) is 10.1. The molecule has 0 spiro atoms. The van der Waals surface area contributed by atoms with Crippen molar-refractivity contribution in [1.82, 2.24) is 0 Å². The summed E-state index contributed by atoms with van der Waals surface area (Å²) in [7, 11) is 2.65. The largest absolute Gasteiger partial charge is 0.243 e. The van der Waals surface area contributed by atoms with Crippen LogP contribution in [0, 0.1) is 33.2 Å². The highest BCUT2D eigenvalue weighted by Crippen LogP contribution is 2.58. The topological polar surface area (TPSA) is 0 Å². The predicted molar refractivity (Wildman–Crippen MR) is 174 cm³/mol. The monoisotopic (exact) mass is 560 g/mol. The molecule has 0 amide bonds. The van der Waals surface area contributed by atoms with Crippen molar-refractivity contribution < 1.29 is 4.39 Å². The summed E-state index contributed by atoms with van der Waals surface area (Å²) in [4.78, 5) is 0. The predicted octanol–water partition coefficient (Wildman–Crippen LogP) is 12.7. The summed E-state index contributed by atoms with van der Waals surface area (Å²) in [5.74, 6) is 3.62. The lowest BCUT2D eigenvalue weighted by Crippen LogP contribution is -2.45. The van der Waals surface area contributed by atoms with Crippen LogP contribution in [0.2, 0.25) is 0 Å². The van der Waals surface area contributed by atoms with Crippen molar-refractivity contribution >= 4 is 9.24 Å². The molecule has 0 N–H and O–H groups in total. The van der Waals surface area contributed by atoms with Crippen LogP contribution in [-0.2, 0) is 0 Å². The van der Waals surface area contributed by atoms with Gasteiger partial charge in [-0.3, -0.25) is 0 Å². The van der Waals surface area contributed by atoms with Gasteiger partial charge < -0.3 is 0 Å². The molecule has 0 aromatic carbocycles. The molecule has 4 atom stereocenters. The van der Waals surface area contributed by atoms with E-state index in [4.69, 9.17) is 0 Å². The van der Waals surface area contributed by atoms with Crippen LogP contribution in [0.3, 0.4) is 0 Å². The molecule has 3 rings (SSSR count). The van der Waals surface area contributed by atoms with Crippen LogP contribution in [0.15, 0.2) is 0 Å². The molecule has 3 aliphatic rings. The molecule has 2 heteroatoms. The zero-order valence-electron chi connectivity index (χ0n) is 26.8. The fourth-order valence-electron chi connectivity index (χ4n) is 9.08. The molecule has 0 bridgehead atoms. The van der Waals surface area contributed by atoms with E-state index in [0.717, 1.165) is 51.4 Å². The molecule has 0 saturated heterocycles. The van der Waals surface area contributed by atoms with Gasteiger partial charge in [-0.2, -0.15) is 0 Å². The number of hydrogen-bond donors (Lipinski definition) is 0. The van der Waals surface area contributed by atoms with Crippen molar-refractivity contribution in [1.29, 1.82) is 0 Å². The number of halogens is 1. The van der Waals surface area contributed by atoms with Gasteiger partial charge in [0, 0.05) is 10.8 Å².